The van der Waals surface area contributed by atoms with E-state index in [2.05, 4.69) is 0 Å². The van der Waals surface area contributed by atoms with Crippen LogP contribution in [0.1, 0.15) is 23.6 Å². The summed E-state index contributed by atoms with van der Waals surface area (Å²) in [6.07, 6.45) is 0.632. The molecule has 2 aromatic carbocycles. The van der Waals surface area contributed by atoms with Gasteiger partial charge in [-0.25, -0.2) is 0 Å². The quantitative estimate of drug-likeness (QED) is 0.860. The summed E-state index contributed by atoms with van der Waals surface area (Å²) in [6, 6.07) is 16.6. The van der Waals surface area contributed by atoms with Gasteiger partial charge in [0.05, 0.1) is 6.42 Å². The van der Waals surface area contributed by atoms with Crippen LogP contribution in [-0.2, 0) is 16.0 Å². The number of carbonyl (C=O) groups is 2. The van der Waals surface area contributed by atoms with Crippen molar-refractivity contribution >= 4 is 23.4 Å². The van der Waals surface area contributed by atoms with Crippen molar-refractivity contribution in [3.8, 4) is 0 Å². The number of nitrogens with zero attached hydrogens (tertiary/aromatic N) is 2. The van der Waals surface area contributed by atoms with E-state index in [0.29, 0.717) is 37.6 Å². The SMILES string of the molecule is NC(CC(=O)N1CCN(C(=O)Cc2ccc(Cl)cc2)CC1)c1ccccc1. The maximum absolute atomic E-state index is 12.5. The van der Waals surface area contributed by atoms with Crippen LogP contribution >= 0.6 is 11.6 Å². The number of hydrogen-bond acceptors (Lipinski definition) is 3. The van der Waals surface area contributed by atoms with Crippen molar-refractivity contribution in [1.29, 1.82) is 0 Å². The van der Waals surface area contributed by atoms with Crippen molar-refractivity contribution in [3.63, 3.8) is 0 Å². The molecule has 0 aliphatic carbocycles. The molecule has 1 atom stereocenters. The Balaban J connectivity index is 1.47. The predicted molar refractivity (Wildman–Crippen MR) is 106 cm³/mol. The van der Waals surface area contributed by atoms with Crippen molar-refractivity contribution in [2.45, 2.75) is 18.9 Å². The number of amides is 2. The Morgan fingerprint density at radius 2 is 1.44 bits per heavy atom. The third kappa shape index (κ3) is 5.31. The van der Waals surface area contributed by atoms with E-state index in [0.717, 1.165) is 11.1 Å². The lowest BCUT2D eigenvalue weighted by Crippen LogP contribution is -2.51. The molecule has 5 nitrogen and oxygen atoms in total. The fraction of sp³-hybridized carbons (Fsp3) is 0.333. The average molecular weight is 386 g/mol. The molecule has 2 aromatic rings. The molecule has 3 rings (SSSR count). The van der Waals surface area contributed by atoms with Crippen molar-refractivity contribution in [3.05, 3.63) is 70.7 Å². The van der Waals surface area contributed by atoms with Gasteiger partial charge in [0.2, 0.25) is 11.8 Å². The summed E-state index contributed by atoms with van der Waals surface area (Å²) >= 11 is 5.88. The molecule has 1 aliphatic rings. The Hall–Kier alpha value is -2.37. The van der Waals surface area contributed by atoms with Gasteiger partial charge in [-0.15, -0.1) is 0 Å². The summed E-state index contributed by atoms with van der Waals surface area (Å²) in [5.74, 6) is 0.113. The molecule has 1 saturated heterocycles. The Morgan fingerprint density at radius 3 is 2.04 bits per heavy atom. The minimum atomic E-state index is -0.303. The number of piperazine rings is 1. The summed E-state index contributed by atoms with van der Waals surface area (Å²) in [4.78, 5) is 28.6. The van der Waals surface area contributed by atoms with Crippen molar-refractivity contribution in [2.75, 3.05) is 26.2 Å². The number of halogens is 1. The molecule has 0 aromatic heterocycles. The number of benzene rings is 2. The molecule has 1 aliphatic heterocycles. The van der Waals surface area contributed by atoms with E-state index < -0.39 is 0 Å². The largest absolute Gasteiger partial charge is 0.339 e. The third-order valence-electron chi connectivity index (χ3n) is 4.88. The fourth-order valence-corrected chi connectivity index (χ4v) is 3.36. The molecule has 0 spiro atoms. The van der Waals surface area contributed by atoms with Crippen molar-refractivity contribution in [1.82, 2.24) is 9.80 Å². The molecule has 0 radical (unpaired) electrons. The zero-order valence-corrected chi connectivity index (χ0v) is 15.9. The highest BCUT2D eigenvalue weighted by Gasteiger charge is 2.25. The fourth-order valence-electron chi connectivity index (χ4n) is 3.23. The zero-order chi connectivity index (χ0) is 19.2. The number of hydrogen-bond donors (Lipinski definition) is 1. The molecule has 27 heavy (non-hydrogen) atoms. The van der Waals surface area contributed by atoms with Crippen LogP contribution in [0.4, 0.5) is 0 Å². The van der Waals surface area contributed by atoms with Gasteiger partial charge in [0.1, 0.15) is 0 Å². The summed E-state index contributed by atoms with van der Waals surface area (Å²) in [5.41, 5.74) is 8.06. The summed E-state index contributed by atoms with van der Waals surface area (Å²) in [5, 5.41) is 0.659. The second-order valence-electron chi connectivity index (χ2n) is 6.79. The Labute approximate surface area is 164 Å². The molecule has 0 bridgehead atoms. The molecular weight excluding hydrogens is 362 g/mol. The van der Waals surface area contributed by atoms with Gasteiger partial charge in [0.15, 0.2) is 0 Å². The van der Waals surface area contributed by atoms with Crippen LogP contribution < -0.4 is 5.73 Å². The average Bonchev–Trinajstić information content (AvgIpc) is 2.70. The van der Waals surface area contributed by atoms with Gasteiger partial charge in [0.25, 0.3) is 0 Å². The van der Waals surface area contributed by atoms with Crippen LogP contribution in [0, 0.1) is 0 Å². The molecule has 142 valence electrons. The smallest absolute Gasteiger partial charge is 0.227 e. The van der Waals surface area contributed by atoms with Gasteiger partial charge in [-0.05, 0) is 23.3 Å². The van der Waals surface area contributed by atoms with Crippen LogP contribution in [0.25, 0.3) is 0 Å². The monoisotopic (exact) mass is 385 g/mol. The van der Waals surface area contributed by atoms with E-state index in [1.165, 1.54) is 0 Å². The zero-order valence-electron chi connectivity index (χ0n) is 15.2. The summed E-state index contributed by atoms with van der Waals surface area (Å²) in [7, 11) is 0. The Bertz CT molecular complexity index is 772. The first-order chi connectivity index (χ1) is 13.0. The maximum atomic E-state index is 12.5. The van der Waals surface area contributed by atoms with Gasteiger partial charge in [0, 0.05) is 43.7 Å². The van der Waals surface area contributed by atoms with Gasteiger partial charge in [-0.1, -0.05) is 54.1 Å². The Kier molecular flexibility index (Phi) is 6.48. The minimum absolute atomic E-state index is 0.0381. The standard InChI is InChI=1S/C21H24ClN3O2/c22-18-8-6-16(7-9-18)14-20(26)24-10-12-25(13-11-24)21(27)15-19(23)17-4-2-1-3-5-17/h1-9,19H,10-15,23H2. The molecule has 2 amide bonds. The number of nitrogens with two attached hydrogens (primary N) is 1. The molecule has 1 unspecified atom stereocenters. The van der Waals surface area contributed by atoms with E-state index in [4.69, 9.17) is 17.3 Å². The maximum Gasteiger partial charge on any atom is 0.227 e. The molecule has 0 saturated carbocycles. The first-order valence-corrected chi connectivity index (χ1v) is 9.51. The molecule has 1 heterocycles. The second-order valence-corrected chi connectivity index (χ2v) is 7.22. The van der Waals surface area contributed by atoms with Gasteiger partial charge >= 0.3 is 0 Å². The molecular formula is C21H24ClN3O2. The second kappa shape index (κ2) is 9.02. The normalized spacial score (nSPS) is 15.5. The third-order valence-corrected chi connectivity index (χ3v) is 5.13. The highest BCUT2D eigenvalue weighted by Crippen LogP contribution is 2.16. The van der Waals surface area contributed by atoms with Gasteiger partial charge in [-0.3, -0.25) is 9.59 Å². The summed E-state index contributed by atoms with van der Waals surface area (Å²) in [6.45, 7) is 2.21. The topological polar surface area (TPSA) is 66.6 Å². The predicted octanol–water partition coefficient (Wildman–Crippen LogP) is 2.64. The minimum Gasteiger partial charge on any atom is -0.339 e. The number of carbonyl (C=O) groups excluding carboxylic acids is 2. The lowest BCUT2D eigenvalue weighted by molar-refractivity contribution is -0.139. The van der Waals surface area contributed by atoms with E-state index >= 15 is 0 Å². The Morgan fingerprint density at radius 1 is 0.889 bits per heavy atom. The van der Waals surface area contributed by atoms with Crippen LogP contribution in [0.5, 0.6) is 0 Å². The van der Waals surface area contributed by atoms with E-state index in [9.17, 15) is 9.59 Å². The van der Waals surface area contributed by atoms with Crippen molar-refractivity contribution < 1.29 is 9.59 Å². The highest BCUT2D eigenvalue weighted by atomic mass is 35.5. The lowest BCUT2D eigenvalue weighted by Gasteiger charge is -2.35. The van der Waals surface area contributed by atoms with Crippen LogP contribution in [0.3, 0.4) is 0 Å². The van der Waals surface area contributed by atoms with E-state index in [1.54, 1.807) is 17.0 Å². The van der Waals surface area contributed by atoms with Crippen LogP contribution in [0.2, 0.25) is 5.02 Å². The van der Waals surface area contributed by atoms with Crippen LogP contribution in [0.15, 0.2) is 54.6 Å². The first-order valence-electron chi connectivity index (χ1n) is 9.13. The van der Waals surface area contributed by atoms with E-state index in [1.807, 2.05) is 47.4 Å². The molecule has 6 heteroatoms. The molecule has 1 fully saturated rings. The molecule has 2 N–H and O–H groups in total. The summed E-state index contributed by atoms with van der Waals surface area (Å²) < 4.78 is 0. The highest BCUT2D eigenvalue weighted by molar-refractivity contribution is 6.30. The van der Waals surface area contributed by atoms with E-state index in [-0.39, 0.29) is 24.3 Å². The van der Waals surface area contributed by atoms with Crippen LogP contribution in [-0.4, -0.2) is 47.8 Å². The van der Waals surface area contributed by atoms with Gasteiger partial charge in [-0.2, -0.15) is 0 Å². The number of rotatable bonds is 5. The first kappa shape index (κ1) is 19.4. The van der Waals surface area contributed by atoms with Gasteiger partial charge < -0.3 is 15.5 Å². The van der Waals surface area contributed by atoms with Crippen molar-refractivity contribution in [2.24, 2.45) is 5.73 Å². The lowest BCUT2D eigenvalue weighted by atomic mass is 10.0.